The summed E-state index contributed by atoms with van der Waals surface area (Å²) in [5, 5.41) is 2.79. The molecule has 1 saturated heterocycles. The van der Waals surface area contributed by atoms with Crippen LogP contribution in [0.4, 0.5) is 5.69 Å². The first-order chi connectivity index (χ1) is 14.3. The number of benzene rings is 2. The minimum Gasteiger partial charge on any atom is -0.376 e. The number of ether oxygens (including phenoxy) is 1. The number of anilines is 1. The van der Waals surface area contributed by atoms with Gasteiger partial charge in [-0.1, -0.05) is 44.2 Å². The summed E-state index contributed by atoms with van der Waals surface area (Å²) in [6, 6.07) is 16.2. The molecular formula is C23H30N2O4S. The van der Waals surface area contributed by atoms with Crippen molar-refractivity contribution in [1.82, 2.24) is 4.31 Å². The van der Waals surface area contributed by atoms with Crippen LogP contribution in [0.1, 0.15) is 32.3 Å². The molecule has 1 N–H and O–H groups in total. The highest BCUT2D eigenvalue weighted by Gasteiger charge is 2.31. The van der Waals surface area contributed by atoms with E-state index in [2.05, 4.69) is 19.2 Å². The first-order valence-corrected chi connectivity index (χ1v) is 11.8. The van der Waals surface area contributed by atoms with Crippen molar-refractivity contribution in [2.75, 3.05) is 25.0 Å². The number of hydrogen-bond acceptors (Lipinski definition) is 4. The minimum atomic E-state index is -3.52. The van der Waals surface area contributed by atoms with Gasteiger partial charge < -0.3 is 10.1 Å². The summed E-state index contributed by atoms with van der Waals surface area (Å²) in [7, 11) is -3.52. The molecule has 30 heavy (non-hydrogen) atoms. The number of rotatable bonds is 8. The fourth-order valence-electron chi connectivity index (χ4n) is 3.81. The summed E-state index contributed by atoms with van der Waals surface area (Å²) in [4.78, 5) is 12.4. The molecule has 1 fully saturated rings. The Morgan fingerprint density at radius 3 is 2.30 bits per heavy atom. The monoisotopic (exact) mass is 430 g/mol. The Kier molecular flexibility index (Phi) is 7.64. The lowest BCUT2D eigenvalue weighted by Crippen LogP contribution is -2.42. The fraction of sp³-hybridized carbons (Fsp3) is 0.435. The van der Waals surface area contributed by atoms with Crippen LogP contribution < -0.4 is 5.32 Å². The smallest absolute Gasteiger partial charge is 0.243 e. The van der Waals surface area contributed by atoms with Crippen LogP contribution in [0, 0.1) is 11.8 Å². The van der Waals surface area contributed by atoms with Gasteiger partial charge in [-0.15, -0.1) is 0 Å². The van der Waals surface area contributed by atoms with Crippen molar-refractivity contribution in [3.05, 3.63) is 60.2 Å². The summed E-state index contributed by atoms with van der Waals surface area (Å²) in [5.74, 6) is 0.537. The van der Waals surface area contributed by atoms with Gasteiger partial charge in [0.25, 0.3) is 0 Å². The maximum atomic E-state index is 12.9. The number of carbonyl (C=O) groups excluding carboxylic acids is 1. The molecule has 162 valence electrons. The number of sulfonamides is 1. The van der Waals surface area contributed by atoms with Crippen LogP contribution in [0.15, 0.2) is 59.5 Å². The molecule has 2 atom stereocenters. The van der Waals surface area contributed by atoms with Crippen LogP contribution in [-0.2, 0) is 26.2 Å². The average Bonchev–Trinajstić information content (AvgIpc) is 2.72. The third-order valence-electron chi connectivity index (χ3n) is 5.20. The van der Waals surface area contributed by atoms with Gasteiger partial charge in [-0.25, -0.2) is 8.42 Å². The van der Waals surface area contributed by atoms with Gasteiger partial charge in [0.2, 0.25) is 15.9 Å². The summed E-state index contributed by atoms with van der Waals surface area (Å²) < 4.78 is 33.0. The van der Waals surface area contributed by atoms with Crippen molar-refractivity contribution in [3.8, 4) is 0 Å². The zero-order chi connectivity index (χ0) is 21.6. The third-order valence-corrected chi connectivity index (χ3v) is 7.04. The van der Waals surface area contributed by atoms with Crippen LogP contribution >= 0.6 is 0 Å². The summed E-state index contributed by atoms with van der Waals surface area (Å²) in [6.45, 7) is 6.05. The van der Waals surface area contributed by atoms with E-state index in [1.165, 1.54) is 0 Å². The summed E-state index contributed by atoms with van der Waals surface area (Å²) in [5.41, 5.74) is 1.63. The van der Waals surface area contributed by atoms with Gasteiger partial charge in [0.15, 0.2) is 0 Å². The number of carbonyl (C=O) groups is 1. The van der Waals surface area contributed by atoms with E-state index in [0.717, 1.165) is 12.0 Å². The summed E-state index contributed by atoms with van der Waals surface area (Å²) >= 11 is 0. The van der Waals surface area contributed by atoms with Gasteiger partial charge >= 0.3 is 0 Å². The number of nitrogens with one attached hydrogen (secondary N) is 1. The molecule has 0 radical (unpaired) electrons. The van der Waals surface area contributed by atoms with Gasteiger partial charge in [-0.3, -0.25) is 4.79 Å². The Bertz CT molecular complexity index is 919. The van der Waals surface area contributed by atoms with E-state index in [1.807, 2.05) is 30.3 Å². The van der Waals surface area contributed by atoms with Crippen molar-refractivity contribution >= 4 is 21.6 Å². The molecule has 0 spiro atoms. The van der Waals surface area contributed by atoms with Crippen molar-refractivity contribution < 1.29 is 17.9 Å². The lowest BCUT2D eigenvalue weighted by Gasteiger charge is -2.34. The largest absolute Gasteiger partial charge is 0.376 e. The second-order valence-electron chi connectivity index (χ2n) is 8.13. The first-order valence-electron chi connectivity index (χ1n) is 10.4. The zero-order valence-electron chi connectivity index (χ0n) is 17.6. The molecule has 0 aliphatic carbocycles. The lowest BCUT2D eigenvalue weighted by atomic mass is 9.94. The second-order valence-corrected chi connectivity index (χ2v) is 10.1. The van der Waals surface area contributed by atoms with Crippen LogP contribution in [-0.4, -0.2) is 38.3 Å². The predicted octanol–water partition coefficient (Wildman–Crippen LogP) is 3.90. The van der Waals surface area contributed by atoms with E-state index in [0.29, 0.717) is 43.8 Å². The zero-order valence-corrected chi connectivity index (χ0v) is 18.4. The molecule has 2 aromatic carbocycles. The topological polar surface area (TPSA) is 75.7 Å². The quantitative estimate of drug-likeness (QED) is 0.645. The van der Waals surface area contributed by atoms with E-state index in [1.54, 1.807) is 28.6 Å². The lowest BCUT2D eigenvalue weighted by molar-refractivity contribution is -0.117. The molecule has 2 unspecified atom stereocenters. The van der Waals surface area contributed by atoms with Gasteiger partial charge in [0.1, 0.15) is 0 Å². The standard InChI is InChI=1S/C23H30N2O4S/c1-18-14-19(2)16-25(15-18)30(27,28)22-10-8-21(9-11-22)24-23(26)12-13-29-17-20-6-4-3-5-7-20/h3-11,18-19H,12-17H2,1-2H3,(H,24,26). The molecule has 2 aromatic rings. The van der Waals surface area contributed by atoms with Crippen LogP contribution in [0.3, 0.4) is 0 Å². The molecular weight excluding hydrogens is 400 g/mol. The normalized spacial score (nSPS) is 20.1. The van der Waals surface area contributed by atoms with Crippen LogP contribution in [0.2, 0.25) is 0 Å². The van der Waals surface area contributed by atoms with Gasteiger partial charge in [-0.2, -0.15) is 4.31 Å². The van der Waals surface area contributed by atoms with Gasteiger partial charge in [0, 0.05) is 18.8 Å². The maximum absolute atomic E-state index is 12.9. The second kappa shape index (κ2) is 10.2. The van der Waals surface area contributed by atoms with E-state index in [4.69, 9.17) is 4.74 Å². The number of hydrogen-bond donors (Lipinski definition) is 1. The molecule has 0 saturated carbocycles. The molecule has 0 aromatic heterocycles. The summed E-state index contributed by atoms with van der Waals surface area (Å²) in [6.07, 6.45) is 1.28. The van der Waals surface area contributed by atoms with E-state index < -0.39 is 10.0 Å². The van der Waals surface area contributed by atoms with E-state index in [9.17, 15) is 13.2 Å². The van der Waals surface area contributed by atoms with Crippen molar-refractivity contribution in [1.29, 1.82) is 0 Å². The Balaban J connectivity index is 1.49. The number of piperidine rings is 1. The third kappa shape index (κ3) is 6.14. The Labute approximate surface area is 179 Å². The molecule has 1 aliphatic rings. The molecule has 7 heteroatoms. The van der Waals surface area contributed by atoms with E-state index >= 15 is 0 Å². The van der Waals surface area contributed by atoms with Gasteiger partial charge in [-0.05, 0) is 48.1 Å². The Morgan fingerprint density at radius 1 is 1.03 bits per heavy atom. The molecule has 6 nitrogen and oxygen atoms in total. The highest BCUT2D eigenvalue weighted by atomic mass is 32.2. The first kappa shape index (κ1) is 22.5. The SMILES string of the molecule is CC1CC(C)CN(S(=O)(=O)c2ccc(NC(=O)CCOCc3ccccc3)cc2)C1. The Morgan fingerprint density at radius 2 is 1.67 bits per heavy atom. The van der Waals surface area contributed by atoms with Crippen molar-refractivity contribution in [2.24, 2.45) is 11.8 Å². The molecule has 0 bridgehead atoms. The maximum Gasteiger partial charge on any atom is 0.243 e. The number of nitrogens with zero attached hydrogens (tertiary/aromatic N) is 1. The molecule has 3 rings (SSSR count). The van der Waals surface area contributed by atoms with Crippen molar-refractivity contribution in [2.45, 2.75) is 38.2 Å². The molecule has 1 heterocycles. The molecule has 1 amide bonds. The highest BCUT2D eigenvalue weighted by Crippen LogP contribution is 2.27. The predicted molar refractivity (Wildman–Crippen MR) is 117 cm³/mol. The average molecular weight is 431 g/mol. The van der Waals surface area contributed by atoms with Crippen LogP contribution in [0.25, 0.3) is 0 Å². The van der Waals surface area contributed by atoms with Crippen LogP contribution in [0.5, 0.6) is 0 Å². The van der Waals surface area contributed by atoms with E-state index in [-0.39, 0.29) is 17.2 Å². The molecule has 1 aliphatic heterocycles. The van der Waals surface area contributed by atoms with Gasteiger partial charge in [0.05, 0.1) is 24.5 Å². The minimum absolute atomic E-state index is 0.169. The number of amides is 1. The van der Waals surface area contributed by atoms with Crippen molar-refractivity contribution in [3.63, 3.8) is 0 Å². The highest BCUT2D eigenvalue weighted by molar-refractivity contribution is 7.89. The Hall–Kier alpha value is -2.22. The fourth-order valence-corrected chi connectivity index (χ4v) is 5.49.